The van der Waals surface area contributed by atoms with Crippen LogP contribution >= 0.6 is 11.6 Å². The number of rotatable bonds is 5. The summed E-state index contributed by atoms with van der Waals surface area (Å²) in [6.07, 6.45) is -0.487. The Morgan fingerprint density at radius 3 is 2.69 bits per heavy atom. The number of carboxylic acids is 1. The van der Waals surface area contributed by atoms with E-state index in [9.17, 15) is 14.4 Å². The number of hydrogen-bond donors (Lipinski definition) is 3. The van der Waals surface area contributed by atoms with Crippen LogP contribution in [0, 0.1) is 0 Å². The number of nitrogens with one attached hydrogen (secondary N) is 2. The molecule has 0 unspecified atom stereocenters. The summed E-state index contributed by atoms with van der Waals surface area (Å²) in [4.78, 5) is 42.2. The van der Waals surface area contributed by atoms with Gasteiger partial charge in [-0.2, -0.15) is 0 Å². The molecule has 7 nitrogen and oxygen atoms in total. The van der Waals surface area contributed by atoms with Crippen molar-refractivity contribution in [3.63, 3.8) is 0 Å². The van der Waals surface area contributed by atoms with E-state index in [0.717, 1.165) is 0 Å². The third-order valence-corrected chi connectivity index (χ3v) is 3.91. The number of halogens is 1. The molecule has 1 heterocycles. The number of hydrogen-bond acceptors (Lipinski definition) is 4. The first-order valence-corrected chi connectivity index (χ1v) is 8.12. The van der Waals surface area contributed by atoms with Crippen LogP contribution < -0.4 is 10.9 Å². The van der Waals surface area contributed by atoms with Crippen LogP contribution in [-0.2, 0) is 9.59 Å². The Morgan fingerprint density at radius 1 is 1.15 bits per heavy atom. The zero-order chi connectivity index (χ0) is 18.7. The summed E-state index contributed by atoms with van der Waals surface area (Å²) >= 11 is 6.00. The lowest BCUT2D eigenvalue weighted by Crippen LogP contribution is -2.16. The molecule has 0 atom stereocenters. The maximum absolute atomic E-state index is 12.4. The summed E-state index contributed by atoms with van der Waals surface area (Å²) in [5, 5.41) is 11.6. The van der Waals surface area contributed by atoms with Gasteiger partial charge in [0.1, 0.15) is 5.69 Å². The normalized spacial score (nSPS) is 10.7. The number of benzene rings is 2. The van der Waals surface area contributed by atoms with Gasteiger partial charge in [0.2, 0.25) is 5.91 Å². The van der Waals surface area contributed by atoms with Crippen molar-refractivity contribution in [3.8, 4) is 11.3 Å². The standard InChI is InChI=1S/C18H14ClN3O4/c19-10-5-6-11(14(9-10)20-15(23)7-8-16(24)25)17-18(26)22-13-4-2-1-3-12(13)21-17/h1-6,9H,7-8H2,(H,20,23)(H,22,26)(H,24,25). The number of aromatic nitrogens is 2. The number of H-pyrrole nitrogens is 1. The fourth-order valence-corrected chi connectivity index (χ4v) is 2.64. The molecule has 0 bridgehead atoms. The Balaban J connectivity index is 2.03. The number of aliphatic carboxylic acids is 1. The number of carbonyl (C=O) groups excluding carboxylic acids is 1. The maximum Gasteiger partial charge on any atom is 0.303 e. The van der Waals surface area contributed by atoms with Crippen molar-refractivity contribution in [2.45, 2.75) is 12.8 Å². The minimum Gasteiger partial charge on any atom is -0.481 e. The average molecular weight is 372 g/mol. The van der Waals surface area contributed by atoms with Crippen LogP contribution in [0.5, 0.6) is 0 Å². The lowest BCUT2D eigenvalue weighted by atomic mass is 10.1. The highest BCUT2D eigenvalue weighted by molar-refractivity contribution is 6.31. The van der Waals surface area contributed by atoms with Gasteiger partial charge in [-0.15, -0.1) is 0 Å². The van der Waals surface area contributed by atoms with Crippen LogP contribution in [0.25, 0.3) is 22.3 Å². The number of carboxylic acid groups (broad SMARTS) is 1. The minimum atomic E-state index is -1.07. The third kappa shape index (κ3) is 3.89. The molecule has 0 aliphatic rings. The Labute approximate surface area is 152 Å². The number of para-hydroxylation sites is 2. The van der Waals surface area contributed by atoms with E-state index in [1.807, 2.05) is 0 Å². The van der Waals surface area contributed by atoms with Crippen molar-refractivity contribution >= 4 is 40.2 Å². The lowest BCUT2D eigenvalue weighted by molar-refractivity contribution is -0.138. The van der Waals surface area contributed by atoms with E-state index in [1.165, 1.54) is 6.07 Å². The van der Waals surface area contributed by atoms with Gasteiger partial charge in [-0.3, -0.25) is 14.4 Å². The van der Waals surface area contributed by atoms with Gasteiger partial charge in [-0.1, -0.05) is 23.7 Å². The largest absolute Gasteiger partial charge is 0.481 e. The van der Waals surface area contributed by atoms with Crippen LogP contribution in [0.3, 0.4) is 0 Å². The number of amides is 1. The SMILES string of the molecule is O=C(O)CCC(=O)Nc1cc(Cl)ccc1-c1nc2ccccc2[nH]c1=O. The Morgan fingerprint density at radius 2 is 1.92 bits per heavy atom. The predicted molar refractivity (Wildman–Crippen MR) is 98.3 cm³/mol. The first kappa shape index (κ1) is 17.6. The molecule has 0 spiro atoms. The molecule has 1 amide bonds. The highest BCUT2D eigenvalue weighted by atomic mass is 35.5. The maximum atomic E-state index is 12.4. The molecule has 3 aromatic rings. The van der Waals surface area contributed by atoms with E-state index in [4.69, 9.17) is 16.7 Å². The quantitative estimate of drug-likeness (QED) is 0.638. The van der Waals surface area contributed by atoms with Gasteiger partial charge in [0.15, 0.2) is 0 Å². The van der Waals surface area contributed by atoms with E-state index in [2.05, 4.69) is 15.3 Å². The molecule has 0 radical (unpaired) electrons. The van der Waals surface area contributed by atoms with Gasteiger partial charge < -0.3 is 15.4 Å². The predicted octanol–water partition coefficient (Wildman–Crippen LogP) is 3.05. The van der Waals surface area contributed by atoms with Gasteiger partial charge in [-0.05, 0) is 30.3 Å². The highest BCUT2D eigenvalue weighted by Crippen LogP contribution is 2.28. The molecular formula is C18H14ClN3O4. The van der Waals surface area contributed by atoms with Crippen molar-refractivity contribution in [2.24, 2.45) is 0 Å². The third-order valence-electron chi connectivity index (χ3n) is 3.68. The van der Waals surface area contributed by atoms with Crippen LogP contribution in [0.2, 0.25) is 5.02 Å². The van der Waals surface area contributed by atoms with E-state index < -0.39 is 17.4 Å². The first-order chi connectivity index (χ1) is 12.4. The summed E-state index contributed by atoms with van der Waals surface area (Å²) in [5.74, 6) is -1.56. The Hall–Kier alpha value is -3.19. The van der Waals surface area contributed by atoms with Crippen LogP contribution in [0.15, 0.2) is 47.3 Å². The minimum absolute atomic E-state index is 0.133. The average Bonchev–Trinajstić information content (AvgIpc) is 2.60. The molecular weight excluding hydrogens is 358 g/mol. The molecule has 3 rings (SSSR count). The van der Waals surface area contributed by atoms with E-state index in [0.29, 0.717) is 27.3 Å². The second kappa shape index (κ2) is 7.37. The topological polar surface area (TPSA) is 112 Å². The van der Waals surface area contributed by atoms with E-state index >= 15 is 0 Å². The van der Waals surface area contributed by atoms with Gasteiger partial charge in [-0.25, -0.2) is 4.98 Å². The van der Waals surface area contributed by atoms with Crippen molar-refractivity contribution in [1.82, 2.24) is 9.97 Å². The van der Waals surface area contributed by atoms with Crippen LogP contribution in [0.4, 0.5) is 5.69 Å². The Bertz CT molecular complexity index is 1060. The van der Waals surface area contributed by atoms with Gasteiger partial charge in [0, 0.05) is 17.0 Å². The summed E-state index contributed by atoms with van der Waals surface area (Å²) in [6, 6.07) is 11.7. The van der Waals surface area contributed by atoms with Gasteiger partial charge in [0.05, 0.1) is 23.1 Å². The molecule has 8 heteroatoms. The van der Waals surface area contributed by atoms with E-state index in [1.54, 1.807) is 36.4 Å². The zero-order valence-electron chi connectivity index (χ0n) is 13.5. The number of aromatic amines is 1. The van der Waals surface area contributed by atoms with Crippen LogP contribution in [-0.4, -0.2) is 27.0 Å². The summed E-state index contributed by atoms with van der Waals surface area (Å²) in [6.45, 7) is 0. The monoisotopic (exact) mass is 371 g/mol. The van der Waals surface area contributed by atoms with Gasteiger partial charge >= 0.3 is 5.97 Å². The summed E-state index contributed by atoms with van der Waals surface area (Å²) in [5.41, 5.74) is 1.61. The van der Waals surface area contributed by atoms with Crippen molar-refractivity contribution < 1.29 is 14.7 Å². The second-order valence-electron chi connectivity index (χ2n) is 5.56. The fraction of sp³-hybridized carbons (Fsp3) is 0.111. The number of anilines is 1. The smallest absolute Gasteiger partial charge is 0.303 e. The van der Waals surface area contributed by atoms with Crippen molar-refractivity contribution in [1.29, 1.82) is 0 Å². The molecule has 0 saturated carbocycles. The first-order valence-electron chi connectivity index (χ1n) is 7.74. The number of nitrogens with zero attached hydrogens (tertiary/aromatic N) is 1. The molecule has 0 saturated heterocycles. The molecule has 0 aliphatic carbocycles. The molecule has 3 N–H and O–H groups in total. The fourth-order valence-electron chi connectivity index (χ4n) is 2.47. The molecule has 2 aromatic carbocycles. The van der Waals surface area contributed by atoms with Crippen molar-refractivity contribution in [3.05, 3.63) is 57.8 Å². The van der Waals surface area contributed by atoms with Gasteiger partial charge in [0.25, 0.3) is 5.56 Å². The zero-order valence-corrected chi connectivity index (χ0v) is 14.2. The van der Waals surface area contributed by atoms with Crippen molar-refractivity contribution in [2.75, 3.05) is 5.32 Å². The summed E-state index contributed by atoms with van der Waals surface area (Å²) < 4.78 is 0. The molecule has 0 aliphatic heterocycles. The highest BCUT2D eigenvalue weighted by Gasteiger charge is 2.15. The molecule has 132 valence electrons. The number of fused-ring (bicyclic) bond motifs is 1. The lowest BCUT2D eigenvalue weighted by Gasteiger charge is -2.11. The second-order valence-corrected chi connectivity index (χ2v) is 6.00. The number of carbonyl (C=O) groups is 2. The van der Waals surface area contributed by atoms with Crippen LogP contribution in [0.1, 0.15) is 12.8 Å². The summed E-state index contributed by atoms with van der Waals surface area (Å²) in [7, 11) is 0. The molecule has 1 aromatic heterocycles. The molecule has 0 fully saturated rings. The molecule has 26 heavy (non-hydrogen) atoms. The Kier molecular flexibility index (Phi) is 4.99. The van der Waals surface area contributed by atoms with E-state index in [-0.39, 0.29) is 18.5 Å².